The summed E-state index contributed by atoms with van der Waals surface area (Å²) in [5.74, 6) is 1.22. The van der Waals surface area contributed by atoms with Crippen molar-refractivity contribution in [3.8, 4) is 0 Å². The van der Waals surface area contributed by atoms with Gasteiger partial charge in [-0.2, -0.15) is 0 Å². The predicted octanol–water partition coefficient (Wildman–Crippen LogP) is 3.95. The molecule has 1 N–H and O–H groups in total. The van der Waals surface area contributed by atoms with Crippen LogP contribution in [0.4, 0.5) is 10.1 Å². The summed E-state index contributed by atoms with van der Waals surface area (Å²) in [6.45, 7) is 8.68. The number of benzene rings is 1. The van der Waals surface area contributed by atoms with Crippen molar-refractivity contribution in [3.05, 3.63) is 29.6 Å². The van der Waals surface area contributed by atoms with E-state index in [1.807, 2.05) is 0 Å². The molecule has 1 heterocycles. The first-order valence-corrected chi connectivity index (χ1v) is 8.32. The molecule has 0 spiro atoms. The van der Waals surface area contributed by atoms with E-state index in [0.717, 1.165) is 24.3 Å². The average Bonchev–Trinajstić information content (AvgIpc) is 3.24. The van der Waals surface area contributed by atoms with E-state index >= 15 is 0 Å². The number of hydrogen-bond acceptors (Lipinski definition) is 2. The molecule has 0 bridgehead atoms. The fourth-order valence-corrected chi connectivity index (χ4v) is 3.51. The summed E-state index contributed by atoms with van der Waals surface area (Å²) in [5, 5.41) is 3.47. The molecule has 1 aliphatic heterocycles. The van der Waals surface area contributed by atoms with Crippen LogP contribution in [0, 0.1) is 17.7 Å². The molecule has 0 amide bonds. The fourth-order valence-electron chi connectivity index (χ4n) is 3.51. The van der Waals surface area contributed by atoms with E-state index in [1.165, 1.54) is 19.3 Å². The minimum Gasteiger partial charge on any atom is -0.368 e. The zero-order chi connectivity index (χ0) is 15.0. The monoisotopic (exact) mass is 290 g/mol. The van der Waals surface area contributed by atoms with Crippen LogP contribution in [-0.2, 0) is 6.54 Å². The highest BCUT2D eigenvalue weighted by Crippen LogP contribution is 2.32. The van der Waals surface area contributed by atoms with Gasteiger partial charge in [-0.1, -0.05) is 13.8 Å². The molecular formula is C18H27FN2. The zero-order valence-corrected chi connectivity index (χ0v) is 13.4. The number of piperidine rings is 1. The van der Waals surface area contributed by atoms with Gasteiger partial charge in [-0.3, -0.25) is 0 Å². The molecule has 0 radical (unpaired) electrons. The van der Waals surface area contributed by atoms with Crippen molar-refractivity contribution in [2.24, 2.45) is 11.8 Å². The standard InChI is InChI=1S/C18H27FN2/c1-12-6-13(2)14(3)21(11-12)18-8-15(7-16(19)9-18)10-20-17-4-5-17/h7-9,12-14,17,20H,4-6,10-11H2,1-3H3. The summed E-state index contributed by atoms with van der Waals surface area (Å²) < 4.78 is 14.0. The van der Waals surface area contributed by atoms with E-state index in [4.69, 9.17) is 0 Å². The van der Waals surface area contributed by atoms with Gasteiger partial charge in [-0.15, -0.1) is 0 Å². The Labute approximate surface area is 127 Å². The first-order chi connectivity index (χ1) is 10.0. The maximum Gasteiger partial charge on any atom is 0.125 e. The number of anilines is 1. The lowest BCUT2D eigenvalue weighted by molar-refractivity contribution is 0.297. The molecule has 3 unspecified atom stereocenters. The Balaban J connectivity index is 1.79. The second-order valence-corrected chi connectivity index (χ2v) is 7.18. The maximum absolute atomic E-state index is 14.0. The van der Waals surface area contributed by atoms with Crippen LogP contribution in [0.1, 0.15) is 45.6 Å². The molecule has 3 atom stereocenters. The van der Waals surface area contributed by atoms with Crippen LogP contribution < -0.4 is 10.2 Å². The van der Waals surface area contributed by atoms with E-state index in [1.54, 1.807) is 12.1 Å². The molecule has 21 heavy (non-hydrogen) atoms. The molecule has 1 saturated heterocycles. The molecule has 3 heteroatoms. The summed E-state index contributed by atoms with van der Waals surface area (Å²) in [7, 11) is 0. The third kappa shape index (κ3) is 3.57. The number of halogens is 1. The minimum atomic E-state index is -0.113. The van der Waals surface area contributed by atoms with Crippen LogP contribution in [0.5, 0.6) is 0 Å². The highest BCUT2D eigenvalue weighted by atomic mass is 19.1. The van der Waals surface area contributed by atoms with Gasteiger partial charge in [0.2, 0.25) is 0 Å². The van der Waals surface area contributed by atoms with E-state index in [9.17, 15) is 4.39 Å². The van der Waals surface area contributed by atoms with Crippen molar-refractivity contribution >= 4 is 5.69 Å². The summed E-state index contributed by atoms with van der Waals surface area (Å²) in [4.78, 5) is 2.39. The topological polar surface area (TPSA) is 15.3 Å². The SMILES string of the molecule is CC1CC(C)C(C)N(c2cc(F)cc(CNC3CC3)c2)C1. The Morgan fingerprint density at radius 2 is 1.95 bits per heavy atom. The number of nitrogens with zero attached hydrogens (tertiary/aromatic N) is 1. The quantitative estimate of drug-likeness (QED) is 0.903. The van der Waals surface area contributed by atoms with E-state index < -0.39 is 0 Å². The van der Waals surface area contributed by atoms with Crippen molar-refractivity contribution in [2.45, 2.75) is 58.7 Å². The van der Waals surface area contributed by atoms with Gasteiger partial charge >= 0.3 is 0 Å². The van der Waals surface area contributed by atoms with Crippen molar-refractivity contribution in [1.82, 2.24) is 5.32 Å². The molecule has 1 aliphatic carbocycles. The fraction of sp³-hybridized carbons (Fsp3) is 0.667. The highest BCUT2D eigenvalue weighted by molar-refractivity contribution is 5.50. The molecule has 1 aromatic rings. The van der Waals surface area contributed by atoms with Crippen LogP contribution in [0.25, 0.3) is 0 Å². The Morgan fingerprint density at radius 3 is 2.67 bits per heavy atom. The van der Waals surface area contributed by atoms with Crippen molar-refractivity contribution in [2.75, 3.05) is 11.4 Å². The minimum absolute atomic E-state index is 0.113. The van der Waals surface area contributed by atoms with E-state index in [-0.39, 0.29) is 5.82 Å². The number of nitrogens with one attached hydrogen (secondary N) is 1. The van der Waals surface area contributed by atoms with Crippen molar-refractivity contribution < 1.29 is 4.39 Å². The van der Waals surface area contributed by atoms with Crippen LogP contribution in [0.2, 0.25) is 0 Å². The molecule has 2 fully saturated rings. The molecule has 3 rings (SSSR count). The van der Waals surface area contributed by atoms with Crippen molar-refractivity contribution in [3.63, 3.8) is 0 Å². The summed E-state index contributed by atoms with van der Waals surface area (Å²) in [6.07, 6.45) is 3.80. The first kappa shape index (κ1) is 14.8. The Hall–Kier alpha value is -1.09. The lowest BCUT2D eigenvalue weighted by atomic mass is 9.85. The molecule has 1 saturated carbocycles. The second kappa shape index (κ2) is 5.96. The van der Waals surface area contributed by atoms with Gasteiger partial charge in [-0.05, 0) is 61.8 Å². The largest absolute Gasteiger partial charge is 0.368 e. The zero-order valence-electron chi connectivity index (χ0n) is 13.4. The van der Waals surface area contributed by atoms with Gasteiger partial charge < -0.3 is 10.2 Å². The van der Waals surface area contributed by atoms with Crippen LogP contribution in [-0.4, -0.2) is 18.6 Å². The number of hydrogen-bond donors (Lipinski definition) is 1. The third-order valence-electron chi connectivity index (χ3n) is 5.04. The molecular weight excluding hydrogens is 263 g/mol. The highest BCUT2D eigenvalue weighted by Gasteiger charge is 2.29. The lowest BCUT2D eigenvalue weighted by Gasteiger charge is -2.42. The molecule has 116 valence electrons. The van der Waals surface area contributed by atoms with Gasteiger partial charge in [0, 0.05) is 30.9 Å². The summed E-state index contributed by atoms with van der Waals surface area (Å²) in [5.41, 5.74) is 2.11. The molecule has 1 aromatic carbocycles. The normalized spacial score (nSPS) is 29.7. The summed E-state index contributed by atoms with van der Waals surface area (Å²) >= 11 is 0. The van der Waals surface area contributed by atoms with E-state index in [2.05, 4.69) is 37.1 Å². The number of rotatable bonds is 4. The van der Waals surface area contributed by atoms with Gasteiger partial charge in [0.1, 0.15) is 5.82 Å². The van der Waals surface area contributed by atoms with Crippen LogP contribution in [0.15, 0.2) is 18.2 Å². The second-order valence-electron chi connectivity index (χ2n) is 7.18. The van der Waals surface area contributed by atoms with Crippen molar-refractivity contribution in [1.29, 1.82) is 0 Å². The van der Waals surface area contributed by atoms with Crippen LogP contribution in [0.3, 0.4) is 0 Å². The van der Waals surface area contributed by atoms with Gasteiger partial charge in [0.15, 0.2) is 0 Å². The Kier molecular flexibility index (Phi) is 4.21. The Morgan fingerprint density at radius 1 is 1.19 bits per heavy atom. The predicted molar refractivity (Wildman–Crippen MR) is 86.0 cm³/mol. The molecule has 0 aromatic heterocycles. The van der Waals surface area contributed by atoms with Gasteiger partial charge in [0.25, 0.3) is 0 Å². The summed E-state index contributed by atoms with van der Waals surface area (Å²) in [6, 6.07) is 6.67. The van der Waals surface area contributed by atoms with Gasteiger partial charge in [-0.25, -0.2) is 4.39 Å². The van der Waals surface area contributed by atoms with Gasteiger partial charge in [0.05, 0.1) is 0 Å². The third-order valence-corrected chi connectivity index (χ3v) is 5.04. The average molecular weight is 290 g/mol. The maximum atomic E-state index is 14.0. The smallest absolute Gasteiger partial charge is 0.125 e. The van der Waals surface area contributed by atoms with Crippen LogP contribution >= 0.6 is 0 Å². The molecule has 2 aliphatic rings. The Bertz CT molecular complexity index is 498. The first-order valence-electron chi connectivity index (χ1n) is 8.32. The lowest BCUT2D eigenvalue weighted by Crippen LogP contribution is -2.46. The molecule has 2 nitrogen and oxygen atoms in total. The van der Waals surface area contributed by atoms with E-state index in [0.29, 0.717) is 23.9 Å².